The lowest BCUT2D eigenvalue weighted by molar-refractivity contribution is -0.134. The molecule has 0 spiro atoms. The Labute approximate surface area is 140 Å². The lowest BCUT2D eigenvalue weighted by Gasteiger charge is -2.07. The van der Waals surface area contributed by atoms with Crippen molar-refractivity contribution in [1.82, 2.24) is 0 Å². The molecule has 0 saturated carbocycles. The number of fused-ring (bicyclic) bond motifs is 1. The number of cyclic esters (lactones) is 1. The highest BCUT2D eigenvalue weighted by atomic mass is 16.6. The number of aryl methyl sites for hydroxylation is 1. The number of carbonyl (C=O) groups excluding carboxylic acids is 1. The zero-order chi connectivity index (χ0) is 16.5. The maximum Gasteiger partial charge on any atom is 0.338 e. The first-order valence-corrected chi connectivity index (χ1v) is 8.04. The fourth-order valence-corrected chi connectivity index (χ4v) is 3.02. The van der Waals surface area contributed by atoms with E-state index in [1.165, 1.54) is 5.39 Å². The number of esters is 1. The second kappa shape index (κ2) is 5.93. The molecule has 3 heteroatoms. The standard InChI is InChI=1S/C21H17NO2/c1-14-9-11-16(12-10-14)20-22-19(21(23)24-20)13-17-7-4-6-15-5-2-3-8-18(15)17/h2-12,19H,13H2,1H3. The van der Waals surface area contributed by atoms with Gasteiger partial charge in [0.2, 0.25) is 5.90 Å². The fourth-order valence-electron chi connectivity index (χ4n) is 3.02. The van der Waals surface area contributed by atoms with Crippen LogP contribution in [-0.2, 0) is 16.0 Å². The van der Waals surface area contributed by atoms with E-state index in [1.807, 2.05) is 49.4 Å². The molecule has 0 saturated heterocycles. The summed E-state index contributed by atoms with van der Waals surface area (Å²) < 4.78 is 5.40. The number of nitrogens with zero attached hydrogens (tertiary/aromatic N) is 1. The second-order valence-corrected chi connectivity index (χ2v) is 6.08. The van der Waals surface area contributed by atoms with Crippen LogP contribution in [0.1, 0.15) is 16.7 Å². The van der Waals surface area contributed by atoms with Gasteiger partial charge in [0.1, 0.15) is 0 Å². The van der Waals surface area contributed by atoms with Gasteiger partial charge in [-0.2, -0.15) is 0 Å². The SMILES string of the molecule is Cc1ccc(C2=NC(Cc3cccc4ccccc34)C(=O)O2)cc1. The largest absolute Gasteiger partial charge is 0.406 e. The number of rotatable bonds is 3. The number of hydrogen-bond acceptors (Lipinski definition) is 3. The lowest BCUT2D eigenvalue weighted by atomic mass is 9.99. The summed E-state index contributed by atoms with van der Waals surface area (Å²) in [5.74, 6) is 0.142. The Kier molecular flexibility index (Phi) is 3.62. The van der Waals surface area contributed by atoms with Crippen LogP contribution in [0.3, 0.4) is 0 Å². The van der Waals surface area contributed by atoms with Gasteiger partial charge in [0, 0.05) is 12.0 Å². The molecule has 1 unspecified atom stereocenters. The smallest absolute Gasteiger partial charge is 0.338 e. The Bertz CT molecular complexity index is 936. The molecule has 0 aliphatic carbocycles. The van der Waals surface area contributed by atoms with Crippen molar-refractivity contribution >= 4 is 22.6 Å². The van der Waals surface area contributed by atoms with Crippen LogP contribution < -0.4 is 0 Å². The lowest BCUT2D eigenvalue weighted by Crippen LogP contribution is -2.18. The maximum atomic E-state index is 12.2. The molecular weight excluding hydrogens is 298 g/mol. The third kappa shape index (κ3) is 2.69. The van der Waals surface area contributed by atoms with E-state index >= 15 is 0 Å². The molecule has 0 amide bonds. The molecule has 1 aliphatic rings. The molecule has 0 aromatic heterocycles. The minimum absolute atomic E-state index is 0.279. The Balaban J connectivity index is 1.64. The van der Waals surface area contributed by atoms with Crippen LogP contribution in [0, 0.1) is 6.92 Å². The molecule has 4 rings (SSSR count). The van der Waals surface area contributed by atoms with E-state index in [0.29, 0.717) is 12.3 Å². The fraction of sp³-hybridized carbons (Fsp3) is 0.143. The average Bonchev–Trinajstić information content (AvgIpc) is 2.97. The van der Waals surface area contributed by atoms with Gasteiger partial charge in [-0.3, -0.25) is 0 Å². The van der Waals surface area contributed by atoms with Gasteiger partial charge in [0.15, 0.2) is 6.04 Å². The summed E-state index contributed by atoms with van der Waals surface area (Å²) >= 11 is 0. The molecule has 1 atom stereocenters. The summed E-state index contributed by atoms with van der Waals surface area (Å²) in [6.45, 7) is 2.02. The molecule has 1 heterocycles. The molecule has 24 heavy (non-hydrogen) atoms. The Morgan fingerprint density at radius 3 is 2.54 bits per heavy atom. The predicted molar refractivity (Wildman–Crippen MR) is 95.2 cm³/mol. The molecule has 3 aromatic rings. The summed E-state index contributed by atoms with van der Waals surface area (Å²) in [4.78, 5) is 16.7. The quantitative estimate of drug-likeness (QED) is 0.684. The van der Waals surface area contributed by atoms with E-state index in [0.717, 1.165) is 22.1 Å². The van der Waals surface area contributed by atoms with E-state index in [9.17, 15) is 4.79 Å². The highest BCUT2D eigenvalue weighted by Crippen LogP contribution is 2.23. The van der Waals surface area contributed by atoms with Crippen LogP contribution in [0.5, 0.6) is 0 Å². The van der Waals surface area contributed by atoms with E-state index in [2.05, 4.69) is 29.3 Å². The first-order valence-electron chi connectivity index (χ1n) is 8.04. The molecular formula is C21H17NO2. The molecule has 118 valence electrons. The van der Waals surface area contributed by atoms with Crippen molar-refractivity contribution in [2.75, 3.05) is 0 Å². The maximum absolute atomic E-state index is 12.2. The summed E-state index contributed by atoms with van der Waals surface area (Å²) in [6, 6.07) is 21.7. The van der Waals surface area contributed by atoms with Gasteiger partial charge in [0.05, 0.1) is 0 Å². The topological polar surface area (TPSA) is 38.7 Å². The van der Waals surface area contributed by atoms with Crippen molar-refractivity contribution in [2.24, 2.45) is 4.99 Å². The Hall–Kier alpha value is -2.94. The van der Waals surface area contributed by atoms with Crippen LogP contribution in [0.4, 0.5) is 0 Å². The first kappa shape index (κ1) is 14.6. The van der Waals surface area contributed by atoms with Crippen molar-refractivity contribution in [3.8, 4) is 0 Å². The monoisotopic (exact) mass is 315 g/mol. The first-order chi connectivity index (χ1) is 11.7. The van der Waals surface area contributed by atoms with Gasteiger partial charge in [-0.15, -0.1) is 0 Å². The van der Waals surface area contributed by atoms with Gasteiger partial charge >= 0.3 is 5.97 Å². The van der Waals surface area contributed by atoms with Crippen molar-refractivity contribution in [3.05, 3.63) is 83.4 Å². The average molecular weight is 315 g/mol. The number of carbonyl (C=O) groups is 1. The van der Waals surface area contributed by atoms with Crippen molar-refractivity contribution < 1.29 is 9.53 Å². The normalized spacial score (nSPS) is 17.0. The van der Waals surface area contributed by atoms with Gasteiger partial charge in [-0.1, -0.05) is 60.2 Å². The number of aliphatic imine (C=N–C) groups is 1. The highest BCUT2D eigenvalue weighted by molar-refractivity contribution is 6.06. The van der Waals surface area contributed by atoms with Crippen LogP contribution in [-0.4, -0.2) is 17.9 Å². The summed E-state index contributed by atoms with van der Waals surface area (Å²) in [5.41, 5.74) is 3.12. The molecule has 3 aromatic carbocycles. The van der Waals surface area contributed by atoms with Crippen LogP contribution in [0.15, 0.2) is 71.7 Å². The van der Waals surface area contributed by atoms with Gasteiger partial charge < -0.3 is 4.74 Å². The molecule has 0 bridgehead atoms. The Morgan fingerprint density at radius 1 is 0.958 bits per heavy atom. The van der Waals surface area contributed by atoms with Crippen molar-refractivity contribution in [2.45, 2.75) is 19.4 Å². The molecule has 0 fully saturated rings. The summed E-state index contributed by atoms with van der Waals surface area (Å²) in [6.07, 6.45) is 0.551. The highest BCUT2D eigenvalue weighted by Gasteiger charge is 2.30. The van der Waals surface area contributed by atoms with Crippen molar-refractivity contribution in [3.63, 3.8) is 0 Å². The number of benzene rings is 3. The molecule has 0 N–H and O–H groups in total. The zero-order valence-corrected chi connectivity index (χ0v) is 13.4. The van der Waals surface area contributed by atoms with Crippen molar-refractivity contribution in [1.29, 1.82) is 0 Å². The van der Waals surface area contributed by atoms with Crippen LogP contribution in [0.2, 0.25) is 0 Å². The summed E-state index contributed by atoms with van der Waals surface area (Å²) in [7, 11) is 0. The van der Waals surface area contributed by atoms with E-state index in [1.54, 1.807) is 0 Å². The van der Waals surface area contributed by atoms with Gasteiger partial charge in [0.25, 0.3) is 0 Å². The Morgan fingerprint density at radius 2 is 1.71 bits per heavy atom. The molecule has 3 nitrogen and oxygen atoms in total. The van der Waals surface area contributed by atoms with E-state index in [4.69, 9.17) is 4.74 Å². The molecule has 0 radical (unpaired) electrons. The van der Waals surface area contributed by atoms with Gasteiger partial charge in [-0.05, 0) is 35.4 Å². The number of ether oxygens (including phenoxy) is 1. The van der Waals surface area contributed by atoms with E-state index < -0.39 is 6.04 Å². The number of hydrogen-bond donors (Lipinski definition) is 0. The van der Waals surface area contributed by atoms with Crippen LogP contribution in [0.25, 0.3) is 10.8 Å². The third-order valence-corrected chi connectivity index (χ3v) is 4.33. The minimum atomic E-state index is -0.480. The second-order valence-electron chi connectivity index (χ2n) is 6.08. The van der Waals surface area contributed by atoms with E-state index in [-0.39, 0.29) is 5.97 Å². The predicted octanol–water partition coefficient (Wildman–Crippen LogP) is 4.06. The van der Waals surface area contributed by atoms with Crippen LogP contribution >= 0.6 is 0 Å². The zero-order valence-electron chi connectivity index (χ0n) is 13.4. The third-order valence-electron chi connectivity index (χ3n) is 4.33. The summed E-state index contributed by atoms with van der Waals surface area (Å²) in [5, 5.41) is 2.33. The molecule has 1 aliphatic heterocycles. The minimum Gasteiger partial charge on any atom is -0.406 e. The van der Waals surface area contributed by atoms with Gasteiger partial charge in [-0.25, -0.2) is 9.79 Å².